The van der Waals surface area contributed by atoms with Crippen LogP contribution < -0.4 is 10.6 Å². The van der Waals surface area contributed by atoms with E-state index < -0.39 is 0 Å². The highest BCUT2D eigenvalue weighted by atomic mass is 35.5. The molecule has 6 heteroatoms. The maximum Gasteiger partial charge on any atom is 0.276 e. The lowest BCUT2D eigenvalue weighted by molar-refractivity contribution is 0.102. The van der Waals surface area contributed by atoms with Crippen LogP contribution in [0.5, 0.6) is 0 Å². The molecule has 25 heavy (non-hydrogen) atoms. The van der Waals surface area contributed by atoms with Gasteiger partial charge >= 0.3 is 0 Å². The van der Waals surface area contributed by atoms with Gasteiger partial charge in [0, 0.05) is 17.3 Å². The summed E-state index contributed by atoms with van der Waals surface area (Å²) < 4.78 is 0. The largest absolute Gasteiger partial charge is 0.365 e. The standard InChI is InChI=1S/C19H17ClN4O/c1-13-15(20)8-5-9-16(13)22-19(25)17-10-11-18(24-23-17)21-12-14-6-3-2-4-7-14/h2-11H,12H2,1H3,(H,21,24)(H,22,25). The maximum atomic E-state index is 12.3. The summed E-state index contributed by atoms with van der Waals surface area (Å²) in [4.78, 5) is 12.3. The first-order chi connectivity index (χ1) is 12.1. The number of halogens is 1. The molecule has 0 aliphatic rings. The van der Waals surface area contributed by atoms with E-state index in [1.165, 1.54) is 0 Å². The van der Waals surface area contributed by atoms with Crippen molar-refractivity contribution in [1.29, 1.82) is 0 Å². The monoisotopic (exact) mass is 352 g/mol. The Kier molecular flexibility index (Phi) is 5.26. The highest BCUT2D eigenvalue weighted by Gasteiger charge is 2.11. The van der Waals surface area contributed by atoms with E-state index in [1.807, 2.05) is 37.3 Å². The zero-order valence-corrected chi connectivity index (χ0v) is 14.4. The molecule has 2 aromatic carbocycles. The van der Waals surface area contributed by atoms with E-state index >= 15 is 0 Å². The van der Waals surface area contributed by atoms with Gasteiger partial charge in [0.15, 0.2) is 5.69 Å². The molecule has 0 saturated heterocycles. The molecule has 0 bridgehead atoms. The molecule has 0 saturated carbocycles. The first-order valence-corrected chi connectivity index (χ1v) is 8.19. The second kappa shape index (κ2) is 7.77. The van der Waals surface area contributed by atoms with Crippen LogP contribution in [0.2, 0.25) is 5.02 Å². The molecule has 1 amide bonds. The molecule has 0 aliphatic heterocycles. The van der Waals surface area contributed by atoms with Gasteiger partial charge in [-0.1, -0.05) is 48.0 Å². The number of benzene rings is 2. The van der Waals surface area contributed by atoms with E-state index in [0.717, 1.165) is 11.1 Å². The van der Waals surface area contributed by atoms with Crippen LogP contribution in [0.15, 0.2) is 60.7 Å². The van der Waals surface area contributed by atoms with Crippen molar-refractivity contribution >= 4 is 29.0 Å². The van der Waals surface area contributed by atoms with Crippen molar-refractivity contribution in [1.82, 2.24) is 10.2 Å². The molecule has 0 fully saturated rings. The van der Waals surface area contributed by atoms with Gasteiger partial charge in [-0.05, 0) is 42.3 Å². The molecule has 126 valence electrons. The lowest BCUT2D eigenvalue weighted by Crippen LogP contribution is -2.15. The van der Waals surface area contributed by atoms with Gasteiger partial charge in [0.2, 0.25) is 0 Å². The number of carbonyl (C=O) groups excluding carboxylic acids is 1. The van der Waals surface area contributed by atoms with Crippen LogP contribution in [0.25, 0.3) is 0 Å². The summed E-state index contributed by atoms with van der Waals surface area (Å²) in [7, 11) is 0. The van der Waals surface area contributed by atoms with E-state index in [-0.39, 0.29) is 11.6 Å². The summed E-state index contributed by atoms with van der Waals surface area (Å²) in [6, 6.07) is 18.7. The highest BCUT2D eigenvalue weighted by Crippen LogP contribution is 2.23. The first-order valence-electron chi connectivity index (χ1n) is 7.81. The first kappa shape index (κ1) is 16.9. The van der Waals surface area contributed by atoms with Gasteiger partial charge < -0.3 is 10.6 Å². The molecule has 1 aromatic heterocycles. The second-order valence-electron chi connectivity index (χ2n) is 5.51. The van der Waals surface area contributed by atoms with Gasteiger partial charge in [-0.3, -0.25) is 4.79 Å². The van der Waals surface area contributed by atoms with Gasteiger partial charge in [-0.25, -0.2) is 0 Å². The van der Waals surface area contributed by atoms with Crippen LogP contribution in [0, 0.1) is 6.92 Å². The third-order valence-corrected chi connectivity index (χ3v) is 4.14. The van der Waals surface area contributed by atoms with Crippen LogP contribution in [0.4, 0.5) is 11.5 Å². The maximum absolute atomic E-state index is 12.3. The van der Waals surface area contributed by atoms with Crippen LogP contribution in [-0.4, -0.2) is 16.1 Å². The molecule has 0 spiro atoms. The number of aromatic nitrogens is 2. The Bertz CT molecular complexity index is 866. The number of nitrogens with one attached hydrogen (secondary N) is 2. The lowest BCUT2D eigenvalue weighted by atomic mass is 10.2. The number of hydrogen-bond donors (Lipinski definition) is 2. The van der Waals surface area contributed by atoms with E-state index in [1.54, 1.807) is 30.3 Å². The molecule has 1 heterocycles. The van der Waals surface area contributed by atoms with Crippen molar-refractivity contribution in [2.24, 2.45) is 0 Å². The van der Waals surface area contributed by atoms with Crippen LogP contribution >= 0.6 is 11.6 Å². The Morgan fingerprint density at radius 2 is 1.80 bits per heavy atom. The van der Waals surface area contributed by atoms with Crippen molar-refractivity contribution in [2.45, 2.75) is 13.5 Å². The average Bonchev–Trinajstić information content (AvgIpc) is 2.65. The van der Waals surface area contributed by atoms with E-state index in [4.69, 9.17) is 11.6 Å². The molecule has 0 aliphatic carbocycles. The zero-order chi connectivity index (χ0) is 17.6. The fourth-order valence-electron chi connectivity index (χ4n) is 2.27. The summed E-state index contributed by atoms with van der Waals surface area (Å²) in [6.45, 7) is 2.49. The molecule has 0 atom stereocenters. The highest BCUT2D eigenvalue weighted by molar-refractivity contribution is 6.31. The van der Waals surface area contributed by atoms with Gasteiger partial charge in [0.1, 0.15) is 5.82 Å². The van der Waals surface area contributed by atoms with Crippen molar-refractivity contribution in [3.8, 4) is 0 Å². The minimum absolute atomic E-state index is 0.240. The normalized spacial score (nSPS) is 10.3. The average molecular weight is 353 g/mol. The van der Waals surface area contributed by atoms with E-state index in [0.29, 0.717) is 23.1 Å². The Hall–Kier alpha value is -2.92. The van der Waals surface area contributed by atoms with Gasteiger partial charge in [-0.2, -0.15) is 0 Å². The Morgan fingerprint density at radius 1 is 1.00 bits per heavy atom. The third-order valence-electron chi connectivity index (χ3n) is 3.73. The molecule has 3 aromatic rings. The summed E-state index contributed by atoms with van der Waals surface area (Å²) in [5.74, 6) is 0.284. The Morgan fingerprint density at radius 3 is 2.52 bits per heavy atom. The number of anilines is 2. The molecule has 3 rings (SSSR count). The molecule has 2 N–H and O–H groups in total. The minimum Gasteiger partial charge on any atom is -0.365 e. The van der Waals surface area contributed by atoms with Crippen molar-refractivity contribution < 1.29 is 4.79 Å². The second-order valence-corrected chi connectivity index (χ2v) is 5.92. The number of nitrogens with zero attached hydrogens (tertiary/aromatic N) is 2. The fourth-order valence-corrected chi connectivity index (χ4v) is 2.44. The summed E-state index contributed by atoms with van der Waals surface area (Å²) in [5, 5.41) is 14.6. The molecule has 5 nitrogen and oxygen atoms in total. The smallest absolute Gasteiger partial charge is 0.276 e. The SMILES string of the molecule is Cc1c(Cl)cccc1NC(=O)c1ccc(NCc2ccccc2)nn1. The number of carbonyl (C=O) groups is 1. The summed E-state index contributed by atoms with van der Waals surface area (Å²) in [6.07, 6.45) is 0. The molecule has 0 radical (unpaired) electrons. The van der Waals surface area contributed by atoms with Crippen molar-refractivity contribution in [3.05, 3.63) is 82.5 Å². The lowest BCUT2D eigenvalue weighted by Gasteiger charge is -2.09. The summed E-state index contributed by atoms with van der Waals surface area (Å²) >= 11 is 6.06. The Balaban J connectivity index is 1.63. The summed E-state index contributed by atoms with van der Waals surface area (Å²) in [5.41, 5.74) is 2.85. The molecular weight excluding hydrogens is 336 g/mol. The topological polar surface area (TPSA) is 66.9 Å². The van der Waals surface area contributed by atoms with Gasteiger partial charge in [0.25, 0.3) is 5.91 Å². The van der Waals surface area contributed by atoms with Gasteiger partial charge in [0.05, 0.1) is 0 Å². The number of hydrogen-bond acceptors (Lipinski definition) is 4. The zero-order valence-electron chi connectivity index (χ0n) is 13.7. The molecule has 0 unspecified atom stereocenters. The predicted octanol–water partition coefficient (Wildman–Crippen LogP) is 4.30. The van der Waals surface area contributed by atoms with Crippen molar-refractivity contribution in [2.75, 3.05) is 10.6 Å². The van der Waals surface area contributed by atoms with E-state index in [9.17, 15) is 4.79 Å². The number of rotatable bonds is 5. The van der Waals surface area contributed by atoms with Crippen molar-refractivity contribution in [3.63, 3.8) is 0 Å². The van der Waals surface area contributed by atoms with Crippen LogP contribution in [0.3, 0.4) is 0 Å². The van der Waals surface area contributed by atoms with Gasteiger partial charge in [-0.15, -0.1) is 10.2 Å². The van der Waals surface area contributed by atoms with E-state index in [2.05, 4.69) is 20.8 Å². The van der Waals surface area contributed by atoms with Crippen LogP contribution in [-0.2, 0) is 6.54 Å². The quantitative estimate of drug-likeness (QED) is 0.718. The Labute approximate surface area is 151 Å². The number of amides is 1. The third kappa shape index (κ3) is 4.33. The minimum atomic E-state index is -0.326. The molecular formula is C19H17ClN4O. The fraction of sp³-hybridized carbons (Fsp3) is 0.105. The predicted molar refractivity (Wildman–Crippen MR) is 99.9 cm³/mol. The van der Waals surface area contributed by atoms with Crippen LogP contribution in [0.1, 0.15) is 21.6 Å².